The summed E-state index contributed by atoms with van der Waals surface area (Å²) in [5.41, 5.74) is 0.847. The second-order valence-corrected chi connectivity index (χ2v) is 4.95. The summed E-state index contributed by atoms with van der Waals surface area (Å²) < 4.78 is 13.5. The van der Waals surface area contributed by atoms with Gasteiger partial charge in [-0.2, -0.15) is 0 Å². The Morgan fingerprint density at radius 1 is 1.17 bits per heavy atom. The van der Waals surface area contributed by atoms with E-state index in [9.17, 15) is 9.18 Å². The Balaban J connectivity index is 2.37. The third kappa shape index (κ3) is 2.71. The van der Waals surface area contributed by atoms with Crippen LogP contribution in [-0.2, 0) is 0 Å². The topological polar surface area (TPSA) is 37.3 Å². The summed E-state index contributed by atoms with van der Waals surface area (Å²) in [4.78, 5) is 12.3. The van der Waals surface area contributed by atoms with Crippen molar-refractivity contribution in [1.29, 1.82) is 0 Å². The van der Waals surface area contributed by atoms with Crippen molar-refractivity contribution in [3.05, 3.63) is 59.4 Å². The van der Waals surface area contributed by atoms with Crippen LogP contribution in [0.25, 0.3) is 0 Å². The summed E-state index contributed by atoms with van der Waals surface area (Å²) in [5.74, 6) is -1.96. The fourth-order valence-electron chi connectivity index (χ4n) is 1.53. The Kier molecular flexibility index (Phi) is 3.67. The van der Waals surface area contributed by atoms with Crippen molar-refractivity contribution in [1.82, 2.24) is 0 Å². The van der Waals surface area contributed by atoms with Gasteiger partial charge in [0.15, 0.2) is 0 Å². The molecule has 2 aromatic carbocycles. The maximum Gasteiger partial charge on any atom is 0.339 e. The molecule has 0 spiro atoms. The maximum atomic E-state index is 13.5. The van der Waals surface area contributed by atoms with E-state index in [1.165, 1.54) is 17.8 Å². The fraction of sp³-hybridized carbons (Fsp3) is 0.0714. The number of carboxylic acids is 1. The molecule has 0 heterocycles. The summed E-state index contributed by atoms with van der Waals surface area (Å²) in [6, 6.07) is 11.9. The molecule has 0 aliphatic carbocycles. The third-order valence-electron chi connectivity index (χ3n) is 2.44. The van der Waals surface area contributed by atoms with Gasteiger partial charge in [0.05, 0.1) is 0 Å². The Morgan fingerprint density at radius 2 is 1.83 bits per heavy atom. The lowest BCUT2D eigenvalue weighted by Crippen LogP contribution is -2.02. The first-order chi connectivity index (χ1) is 8.58. The first-order valence-corrected chi connectivity index (χ1v) is 6.16. The van der Waals surface area contributed by atoms with Crippen LogP contribution in [0.4, 0.5) is 4.39 Å². The molecule has 0 saturated heterocycles. The minimum atomic E-state index is -1.25. The number of carbonyl (C=O) groups is 1. The van der Waals surface area contributed by atoms with E-state index < -0.39 is 11.8 Å². The van der Waals surface area contributed by atoms with E-state index in [4.69, 9.17) is 5.11 Å². The van der Waals surface area contributed by atoms with Crippen molar-refractivity contribution in [3.8, 4) is 0 Å². The lowest BCUT2D eigenvalue weighted by atomic mass is 10.2. The van der Waals surface area contributed by atoms with E-state index in [1.807, 2.05) is 31.2 Å². The Bertz CT molecular complexity index is 579. The zero-order valence-electron chi connectivity index (χ0n) is 9.68. The van der Waals surface area contributed by atoms with Gasteiger partial charge in [-0.3, -0.25) is 0 Å². The fourth-order valence-corrected chi connectivity index (χ4v) is 2.49. The second kappa shape index (κ2) is 5.23. The first kappa shape index (κ1) is 12.6. The van der Waals surface area contributed by atoms with Crippen LogP contribution in [-0.4, -0.2) is 11.1 Å². The van der Waals surface area contributed by atoms with Gasteiger partial charge < -0.3 is 5.11 Å². The summed E-state index contributed by atoms with van der Waals surface area (Å²) in [7, 11) is 0. The van der Waals surface area contributed by atoms with Crippen molar-refractivity contribution in [2.24, 2.45) is 0 Å². The van der Waals surface area contributed by atoms with E-state index >= 15 is 0 Å². The number of hydrogen-bond donors (Lipinski definition) is 1. The highest BCUT2D eigenvalue weighted by Gasteiger charge is 2.16. The largest absolute Gasteiger partial charge is 0.478 e. The van der Waals surface area contributed by atoms with Crippen LogP contribution < -0.4 is 0 Å². The predicted molar refractivity (Wildman–Crippen MR) is 68.7 cm³/mol. The first-order valence-electron chi connectivity index (χ1n) is 5.34. The number of carboxylic acid groups (broad SMARTS) is 1. The molecule has 0 atom stereocenters. The molecule has 0 fully saturated rings. The van der Waals surface area contributed by atoms with Crippen LogP contribution >= 0.6 is 11.8 Å². The molecule has 2 nitrogen and oxygen atoms in total. The number of rotatable bonds is 3. The average Bonchev–Trinajstić information content (AvgIpc) is 2.32. The molecular formula is C14H11FO2S. The monoisotopic (exact) mass is 262 g/mol. The van der Waals surface area contributed by atoms with Crippen molar-refractivity contribution in [2.45, 2.75) is 16.7 Å². The molecule has 0 aromatic heterocycles. The van der Waals surface area contributed by atoms with Gasteiger partial charge in [0.2, 0.25) is 0 Å². The third-order valence-corrected chi connectivity index (χ3v) is 3.51. The minimum absolute atomic E-state index is 0.275. The zero-order chi connectivity index (χ0) is 13.1. The molecule has 2 aromatic rings. The van der Waals surface area contributed by atoms with Crippen molar-refractivity contribution < 1.29 is 14.3 Å². The molecule has 0 bridgehead atoms. The van der Waals surface area contributed by atoms with Crippen LogP contribution in [0, 0.1) is 12.7 Å². The maximum absolute atomic E-state index is 13.5. The van der Waals surface area contributed by atoms with Gasteiger partial charge in [0.1, 0.15) is 11.4 Å². The van der Waals surface area contributed by atoms with E-state index in [0.717, 1.165) is 16.5 Å². The quantitative estimate of drug-likeness (QED) is 0.909. The van der Waals surface area contributed by atoms with Gasteiger partial charge >= 0.3 is 5.97 Å². The van der Waals surface area contributed by atoms with Crippen LogP contribution in [0.3, 0.4) is 0 Å². The average molecular weight is 262 g/mol. The molecule has 92 valence electrons. The summed E-state index contributed by atoms with van der Waals surface area (Å²) in [6.45, 7) is 1.97. The Hall–Kier alpha value is -1.81. The van der Waals surface area contributed by atoms with Crippen LogP contribution in [0.15, 0.2) is 52.3 Å². The number of halogens is 1. The second-order valence-electron chi connectivity index (χ2n) is 3.83. The lowest BCUT2D eigenvalue weighted by Gasteiger charge is -2.06. The van der Waals surface area contributed by atoms with Crippen molar-refractivity contribution in [2.75, 3.05) is 0 Å². The minimum Gasteiger partial charge on any atom is -0.478 e. The van der Waals surface area contributed by atoms with Gasteiger partial charge in [0.25, 0.3) is 0 Å². The highest BCUT2D eigenvalue weighted by molar-refractivity contribution is 7.99. The van der Waals surface area contributed by atoms with Crippen molar-refractivity contribution >= 4 is 17.7 Å². The standard InChI is InChI=1S/C14H11FO2S/c1-9-5-7-10(8-6-9)18-12-4-2-3-11(15)13(12)14(16)17/h2-8H,1H3,(H,16,17). The molecule has 0 amide bonds. The smallest absolute Gasteiger partial charge is 0.339 e. The molecule has 18 heavy (non-hydrogen) atoms. The van der Waals surface area contributed by atoms with E-state index in [2.05, 4.69) is 0 Å². The highest BCUT2D eigenvalue weighted by Crippen LogP contribution is 2.31. The van der Waals surface area contributed by atoms with Crippen LogP contribution in [0.5, 0.6) is 0 Å². The van der Waals surface area contributed by atoms with Gasteiger partial charge in [-0.25, -0.2) is 9.18 Å². The van der Waals surface area contributed by atoms with Crippen LogP contribution in [0.2, 0.25) is 0 Å². The SMILES string of the molecule is Cc1ccc(Sc2cccc(F)c2C(=O)O)cc1. The summed E-state index contributed by atoms with van der Waals surface area (Å²) in [6.07, 6.45) is 0. The summed E-state index contributed by atoms with van der Waals surface area (Å²) in [5, 5.41) is 9.02. The molecular weight excluding hydrogens is 251 g/mol. The van der Waals surface area contributed by atoms with E-state index in [-0.39, 0.29) is 5.56 Å². The van der Waals surface area contributed by atoms with E-state index in [0.29, 0.717) is 4.90 Å². The molecule has 0 unspecified atom stereocenters. The highest BCUT2D eigenvalue weighted by atomic mass is 32.2. The molecule has 2 rings (SSSR count). The van der Waals surface area contributed by atoms with Crippen LogP contribution in [0.1, 0.15) is 15.9 Å². The molecule has 0 aliphatic rings. The molecule has 1 N–H and O–H groups in total. The van der Waals surface area contributed by atoms with Gasteiger partial charge in [0, 0.05) is 9.79 Å². The molecule has 0 aliphatic heterocycles. The van der Waals surface area contributed by atoms with Gasteiger partial charge in [-0.15, -0.1) is 0 Å². The van der Waals surface area contributed by atoms with Crippen molar-refractivity contribution in [3.63, 3.8) is 0 Å². The normalized spacial score (nSPS) is 10.3. The lowest BCUT2D eigenvalue weighted by molar-refractivity contribution is 0.0688. The predicted octanol–water partition coefficient (Wildman–Crippen LogP) is 3.98. The van der Waals surface area contributed by atoms with Gasteiger partial charge in [-0.1, -0.05) is 35.5 Å². The molecule has 0 radical (unpaired) electrons. The summed E-state index contributed by atoms with van der Waals surface area (Å²) >= 11 is 1.24. The Labute approximate surface area is 108 Å². The molecule has 4 heteroatoms. The number of aromatic carboxylic acids is 1. The molecule has 0 saturated carbocycles. The van der Waals surface area contributed by atoms with E-state index in [1.54, 1.807) is 6.07 Å². The number of hydrogen-bond acceptors (Lipinski definition) is 2. The Morgan fingerprint density at radius 3 is 2.44 bits per heavy atom. The zero-order valence-corrected chi connectivity index (χ0v) is 10.5. The number of benzene rings is 2. The number of aryl methyl sites for hydroxylation is 1. The van der Waals surface area contributed by atoms with Gasteiger partial charge in [-0.05, 0) is 31.2 Å².